The van der Waals surface area contributed by atoms with E-state index >= 15 is 0 Å². The van der Waals surface area contributed by atoms with Crippen LogP contribution in [0.25, 0.3) is 0 Å². The van der Waals surface area contributed by atoms with E-state index in [0.29, 0.717) is 31.2 Å². The van der Waals surface area contributed by atoms with Gasteiger partial charge in [0.1, 0.15) is 0 Å². The van der Waals surface area contributed by atoms with E-state index in [0.717, 1.165) is 18.4 Å². The molecule has 19 heavy (non-hydrogen) atoms. The SMILES string of the molecule is [2H]C1([2H])CC(CCC)CC([2H])([2H])C1CCc1ccc(C#N)cc1. The highest BCUT2D eigenvalue weighted by Crippen LogP contribution is 2.33. The molecule has 2 rings (SSSR count). The Morgan fingerprint density at radius 2 is 1.84 bits per heavy atom. The van der Waals surface area contributed by atoms with Crippen molar-refractivity contribution in [2.75, 3.05) is 0 Å². The highest BCUT2D eigenvalue weighted by molar-refractivity contribution is 5.31. The van der Waals surface area contributed by atoms with E-state index in [1.54, 1.807) is 12.1 Å². The van der Waals surface area contributed by atoms with Crippen LogP contribution in [0.4, 0.5) is 0 Å². The van der Waals surface area contributed by atoms with E-state index in [1.165, 1.54) is 0 Å². The molecule has 0 bridgehead atoms. The summed E-state index contributed by atoms with van der Waals surface area (Å²) in [5.41, 5.74) is 1.64. The molecule has 1 heteroatoms. The molecule has 1 aliphatic carbocycles. The Bertz CT molecular complexity index is 541. The van der Waals surface area contributed by atoms with E-state index < -0.39 is 18.7 Å². The summed E-state index contributed by atoms with van der Waals surface area (Å²) in [6.07, 6.45) is 1.08. The van der Waals surface area contributed by atoms with E-state index in [2.05, 4.69) is 13.0 Å². The van der Waals surface area contributed by atoms with E-state index in [-0.39, 0.29) is 5.92 Å². The van der Waals surface area contributed by atoms with Gasteiger partial charge >= 0.3 is 0 Å². The van der Waals surface area contributed by atoms with Gasteiger partial charge in [0.2, 0.25) is 0 Å². The molecule has 0 radical (unpaired) electrons. The molecule has 1 saturated carbocycles. The summed E-state index contributed by atoms with van der Waals surface area (Å²) in [6, 6.07) is 9.37. The van der Waals surface area contributed by atoms with Crippen molar-refractivity contribution < 1.29 is 5.48 Å². The van der Waals surface area contributed by atoms with Crippen molar-refractivity contribution in [1.29, 1.82) is 5.26 Å². The van der Waals surface area contributed by atoms with Crippen molar-refractivity contribution in [2.24, 2.45) is 11.8 Å². The van der Waals surface area contributed by atoms with Gasteiger partial charge in [-0.3, -0.25) is 0 Å². The third-order valence-electron chi connectivity index (χ3n) is 3.81. The third kappa shape index (κ3) is 4.39. The van der Waals surface area contributed by atoms with Crippen LogP contribution in [-0.2, 0) is 6.42 Å². The number of hydrogen-bond donors (Lipinski definition) is 0. The van der Waals surface area contributed by atoms with Gasteiger partial charge in [0.05, 0.1) is 11.6 Å². The summed E-state index contributed by atoms with van der Waals surface area (Å²) >= 11 is 0. The first-order valence-electron chi connectivity index (χ1n) is 9.27. The zero-order chi connectivity index (χ0) is 17.1. The first-order valence-corrected chi connectivity index (χ1v) is 7.27. The Morgan fingerprint density at radius 3 is 2.42 bits per heavy atom. The lowest BCUT2D eigenvalue weighted by atomic mass is 9.78. The van der Waals surface area contributed by atoms with Gasteiger partial charge in [-0.15, -0.1) is 0 Å². The Hall–Kier alpha value is -1.29. The number of nitrogens with zero attached hydrogens (tertiary/aromatic N) is 1. The average molecular weight is 259 g/mol. The summed E-state index contributed by atoms with van der Waals surface area (Å²) in [5, 5.41) is 8.82. The van der Waals surface area contributed by atoms with Crippen LogP contribution in [0.15, 0.2) is 24.3 Å². The lowest BCUT2D eigenvalue weighted by Gasteiger charge is -2.28. The van der Waals surface area contributed by atoms with Gasteiger partial charge in [-0.25, -0.2) is 0 Å². The summed E-state index contributed by atoms with van der Waals surface area (Å²) in [4.78, 5) is 0. The minimum atomic E-state index is -1.45. The maximum Gasteiger partial charge on any atom is 0.0991 e. The largest absolute Gasteiger partial charge is 0.192 e. The maximum absolute atomic E-state index is 8.82. The summed E-state index contributed by atoms with van der Waals surface area (Å²) < 4.78 is 33.4. The molecule has 0 amide bonds. The second kappa shape index (κ2) is 7.34. The molecule has 0 unspecified atom stereocenters. The molecule has 1 nitrogen and oxygen atoms in total. The van der Waals surface area contributed by atoms with Crippen LogP contribution >= 0.6 is 0 Å². The normalized spacial score (nSPS) is 31.4. The molecular weight excluding hydrogens is 230 g/mol. The van der Waals surface area contributed by atoms with E-state index in [9.17, 15) is 0 Å². The van der Waals surface area contributed by atoms with Gasteiger partial charge in [0.25, 0.3) is 0 Å². The zero-order valence-electron chi connectivity index (χ0n) is 15.7. The Kier molecular flexibility index (Phi) is 3.70. The predicted octanol–water partition coefficient (Wildman–Crippen LogP) is 5.10. The number of rotatable bonds is 5. The van der Waals surface area contributed by atoms with E-state index in [4.69, 9.17) is 10.7 Å². The van der Waals surface area contributed by atoms with Crippen LogP contribution < -0.4 is 0 Å². The number of nitriles is 1. The monoisotopic (exact) mass is 259 g/mol. The molecule has 0 saturated heterocycles. The smallest absolute Gasteiger partial charge is 0.0991 e. The second-order valence-electron chi connectivity index (χ2n) is 5.37. The number of hydrogen-bond acceptors (Lipinski definition) is 1. The zero-order valence-corrected chi connectivity index (χ0v) is 11.7. The first-order chi connectivity index (χ1) is 10.8. The van der Waals surface area contributed by atoms with Gasteiger partial charge in [0.15, 0.2) is 0 Å². The summed E-state index contributed by atoms with van der Waals surface area (Å²) in [6.45, 7) is 2.07. The maximum atomic E-state index is 8.82. The number of benzene rings is 1. The van der Waals surface area contributed by atoms with Crippen LogP contribution in [0.2, 0.25) is 0 Å². The van der Waals surface area contributed by atoms with Crippen molar-refractivity contribution >= 4 is 0 Å². The van der Waals surface area contributed by atoms with Gasteiger partial charge in [0, 0.05) is 5.48 Å². The van der Waals surface area contributed by atoms with Crippen LogP contribution in [0.1, 0.15) is 68.4 Å². The topological polar surface area (TPSA) is 23.8 Å². The van der Waals surface area contributed by atoms with Crippen molar-refractivity contribution in [3.63, 3.8) is 0 Å². The van der Waals surface area contributed by atoms with Crippen molar-refractivity contribution in [3.05, 3.63) is 35.4 Å². The highest BCUT2D eigenvalue weighted by Gasteiger charge is 2.20. The van der Waals surface area contributed by atoms with Crippen molar-refractivity contribution in [1.82, 2.24) is 0 Å². The van der Waals surface area contributed by atoms with Gasteiger partial charge in [-0.05, 0) is 42.4 Å². The Morgan fingerprint density at radius 1 is 1.16 bits per heavy atom. The molecule has 0 N–H and O–H groups in total. The van der Waals surface area contributed by atoms with Gasteiger partial charge in [-0.1, -0.05) is 57.5 Å². The van der Waals surface area contributed by atoms with Crippen molar-refractivity contribution in [3.8, 4) is 6.07 Å². The fourth-order valence-electron chi connectivity index (χ4n) is 2.64. The molecule has 0 atom stereocenters. The molecule has 102 valence electrons. The lowest BCUT2D eigenvalue weighted by Crippen LogP contribution is -2.15. The third-order valence-corrected chi connectivity index (χ3v) is 3.81. The molecule has 1 aromatic rings. The van der Waals surface area contributed by atoms with Crippen LogP contribution in [0, 0.1) is 23.2 Å². The number of aryl methyl sites for hydroxylation is 1. The standard InChI is InChI=1S/C18H25N/c1-2-3-15-4-6-16(7-5-15)8-9-17-10-12-18(14-19)13-11-17/h10-13,15-16H,2-9H2,1H3/i6D2,7D2. The molecule has 1 fully saturated rings. The van der Waals surface area contributed by atoms with Crippen molar-refractivity contribution in [2.45, 2.75) is 58.2 Å². The Balaban J connectivity index is 2.06. The second-order valence-corrected chi connectivity index (χ2v) is 5.37. The molecule has 0 aliphatic heterocycles. The van der Waals surface area contributed by atoms with Gasteiger partial charge in [-0.2, -0.15) is 5.26 Å². The molecule has 0 heterocycles. The molecule has 1 aromatic carbocycles. The van der Waals surface area contributed by atoms with E-state index in [1.807, 2.05) is 12.1 Å². The Labute approximate surface area is 123 Å². The molecule has 0 aromatic heterocycles. The van der Waals surface area contributed by atoms with Gasteiger partial charge < -0.3 is 0 Å². The summed E-state index contributed by atoms with van der Waals surface area (Å²) in [7, 11) is 0. The predicted molar refractivity (Wildman–Crippen MR) is 79.8 cm³/mol. The molecule has 0 spiro atoms. The minimum Gasteiger partial charge on any atom is -0.192 e. The molecule has 1 aliphatic rings. The fourth-order valence-corrected chi connectivity index (χ4v) is 2.64. The minimum absolute atomic E-state index is 0.149. The fraction of sp³-hybridized carbons (Fsp3) is 0.611. The molecular formula is C18H25N. The average Bonchev–Trinajstić information content (AvgIpc) is 2.46. The lowest BCUT2D eigenvalue weighted by molar-refractivity contribution is 0.252. The summed E-state index contributed by atoms with van der Waals surface area (Å²) in [5.74, 6) is -0.421. The van der Waals surface area contributed by atoms with Crippen LogP contribution in [0.3, 0.4) is 0 Å². The van der Waals surface area contributed by atoms with Crippen LogP contribution in [-0.4, -0.2) is 0 Å². The first kappa shape index (κ1) is 9.59. The van der Waals surface area contributed by atoms with Crippen LogP contribution in [0.5, 0.6) is 0 Å². The quantitative estimate of drug-likeness (QED) is 0.722. The highest BCUT2D eigenvalue weighted by atomic mass is 14.3.